The van der Waals surface area contributed by atoms with Gasteiger partial charge in [-0.3, -0.25) is 14.9 Å². The maximum atomic E-state index is 14.2. The monoisotopic (exact) mass is 381 g/mol. The average molecular weight is 382 g/mol. The number of pyridine rings is 1. The molecule has 23 heavy (non-hydrogen) atoms. The van der Waals surface area contributed by atoms with Crippen LogP contribution in [0.2, 0.25) is 0 Å². The Morgan fingerprint density at radius 1 is 1.30 bits per heavy atom. The summed E-state index contributed by atoms with van der Waals surface area (Å²) in [5, 5.41) is 11.7. The van der Waals surface area contributed by atoms with E-state index >= 15 is 0 Å². The number of nitrogens with zero attached hydrogens (tertiary/aromatic N) is 2. The molecule has 6 nitrogen and oxygen atoms in total. The number of hydrogen-bond donors (Lipinski definition) is 1. The number of aromatic nitrogens is 2. The first kappa shape index (κ1) is 15.2. The number of carbonyl (C=O) groups excluding carboxylic acids is 1. The quantitative estimate of drug-likeness (QED) is 0.422. The molecule has 0 aliphatic rings. The smallest absolute Gasteiger partial charge is 0.313 e. The average Bonchev–Trinajstić information content (AvgIpc) is 2.89. The number of H-pyrrole nitrogens is 1. The van der Waals surface area contributed by atoms with Gasteiger partial charge in [0.1, 0.15) is 11.5 Å². The second-order valence-corrected chi connectivity index (χ2v) is 5.52. The summed E-state index contributed by atoms with van der Waals surface area (Å²) >= 11 is 3.22. The van der Waals surface area contributed by atoms with Gasteiger partial charge in [0, 0.05) is 27.8 Å². The summed E-state index contributed by atoms with van der Waals surface area (Å²) < 4.78 is 28.7. The van der Waals surface area contributed by atoms with E-state index in [1.54, 1.807) is 6.07 Å². The molecule has 0 spiro atoms. The van der Waals surface area contributed by atoms with Gasteiger partial charge in [-0.2, -0.15) is 4.39 Å². The lowest BCUT2D eigenvalue weighted by Gasteiger charge is -2.06. The first-order valence-corrected chi connectivity index (χ1v) is 6.98. The number of hydrogen-bond acceptors (Lipinski definition) is 4. The van der Waals surface area contributed by atoms with E-state index in [2.05, 4.69) is 25.9 Å². The maximum absolute atomic E-state index is 14.2. The summed E-state index contributed by atoms with van der Waals surface area (Å²) in [5.41, 5.74) is -1.61. The topological polar surface area (TPSA) is 88.9 Å². The molecule has 0 saturated carbocycles. The number of nitrogens with one attached hydrogen (secondary N) is 1. The van der Waals surface area contributed by atoms with Crippen LogP contribution in [0.4, 0.5) is 14.5 Å². The Kier molecular flexibility index (Phi) is 3.64. The van der Waals surface area contributed by atoms with Crippen molar-refractivity contribution in [1.29, 1.82) is 0 Å². The minimum absolute atomic E-state index is 0.0885. The van der Waals surface area contributed by atoms with E-state index in [4.69, 9.17) is 0 Å². The molecular formula is C14H6BrF2N3O3. The minimum atomic E-state index is -1.50. The van der Waals surface area contributed by atoms with Crippen molar-refractivity contribution in [3.63, 3.8) is 0 Å². The largest absolute Gasteiger partial charge is 0.346 e. The zero-order valence-corrected chi connectivity index (χ0v) is 12.7. The second kappa shape index (κ2) is 5.51. The Morgan fingerprint density at radius 2 is 2.04 bits per heavy atom. The van der Waals surface area contributed by atoms with Crippen LogP contribution in [0, 0.1) is 21.7 Å². The molecule has 9 heteroatoms. The number of benzene rings is 1. The first-order valence-electron chi connectivity index (χ1n) is 6.18. The number of nitro groups is 1. The molecular weight excluding hydrogens is 376 g/mol. The van der Waals surface area contributed by atoms with E-state index in [0.717, 1.165) is 6.07 Å². The molecule has 2 heterocycles. The zero-order chi connectivity index (χ0) is 16.7. The van der Waals surface area contributed by atoms with Crippen LogP contribution < -0.4 is 0 Å². The Hall–Kier alpha value is -2.68. The lowest BCUT2D eigenvalue weighted by Crippen LogP contribution is -2.03. The van der Waals surface area contributed by atoms with Crippen molar-refractivity contribution >= 4 is 38.9 Å². The number of nitro benzene ring substituents is 1. The minimum Gasteiger partial charge on any atom is -0.346 e. The maximum Gasteiger partial charge on any atom is 0.313 e. The molecule has 0 aliphatic heterocycles. The van der Waals surface area contributed by atoms with Gasteiger partial charge in [-0.15, -0.1) is 0 Å². The molecule has 2 aromatic heterocycles. The summed E-state index contributed by atoms with van der Waals surface area (Å²) in [5.74, 6) is -2.67. The van der Waals surface area contributed by atoms with Crippen LogP contribution in [-0.2, 0) is 0 Å². The van der Waals surface area contributed by atoms with E-state index in [0.29, 0.717) is 15.5 Å². The van der Waals surface area contributed by atoms with Crippen molar-refractivity contribution in [2.45, 2.75) is 0 Å². The summed E-state index contributed by atoms with van der Waals surface area (Å²) in [4.78, 5) is 27.8. The molecule has 0 fully saturated rings. The van der Waals surface area contributed by atoms with Crippen LogP contribution in [0.1, 0.15) is 10.4 Å². The summed E-state index contributed by atoms with van der Waals surface area (Å²) in [7, 11) is 0. The third kappa shape index (κ3) is 2.38. The predicted octanol–water partition coefficient (Wildman–Crippen LogP) is 3.99. The van der Waals surface area contributed by atoms with E-state index < -0.39 is 27.8 Å². The predicted molar refractivity (Wildman–Crippen MR) is 81.2 cm³/mol. The van der Waals surface area contributed by atoms with Crippen LogP contribution in [0.3, 0.4) is 0 Å². The lowest BCUT2D eigenvalue weighted by atomic mass is 10.0. The van der Waals surface area contributed by atoms with Gasteiger partial charge in [0.2, 0.25) is 5.82 Å². The highest BCUT2D eigenvalue weighted by Crippen LogP contribution is 2.38. The fourth-order valence-electron chi connectivity index (χ4n) is 2.32. The van der Waals surface area contributed by atoms with Crippen LogP contribution in [0.25, 0.3) is 22.2 Å². The molecule has 1 N–H and O–H groups in total. The van der Waals surface area contributed by atoms with E-state index in [9.17, 15) is 23.7 Å². The SMILES string of the molecule is O=Cc1c(F)cc(-c2c[nH]c3ncc(Br)cc23)c([N+](=O)[O-])c1F. The van der Waals surface area contributed by atoms with Crippen molar-refractivity contribution in [1.82, 2.24) is 9.97 Å². The molecule has 3 rings (SSSR count). The standard InChI is InChI=1S/C14H6BrF2N3O3/c15-6-1-8-9(4-19-14(8)18-3-6)7-2-11(16)10(5-21)12(17)13(7)20(22)23/h1-5H,(H,18,19). The van der Waals surface area contributed by atoms with Gasteiger partial charge in [0.15, 0.2) is 6.29 Å². The number of halogens is 3. The number of aromatic amines is 1. The van der Waals surface area contributed by atoms with Gasteiger partial charge < -0.3 is 4.98 Å². The molecule has 1 aromatic carbocycles. The number of carbonyl (C=O) groups is 1. The van der Waals surface area contributed by atoms with Crippen molar-refractivity contribution < 1.29 is 18.5 Å². The zero-order valence-electron chi connectivity index (χ0n) is 11.1. The third-order valence-electron chi connectivity index (χ3n) is 3.32. The fourth-order valence-corrected chi connectivity index (χ4v) is 2.65. The van der Waals surface area contributed by atoms with E-state index in [1.807, 2.05) is 0 Å². The summed E-state index contributed by atoms with van der Waals surface area (Å²) in [6, 6.07) is 2.38. The Balaban J connectivity index is 2.41. The highest BCUT2D eigenvalue weighted by Gasteiger charge is 2.29. The van der Waals surface area contributed by atoms with Crippen LogP contribution in [-0.4, -0.2) is 21.2 Å². The molecule has 0 atom stereocenters. The van der Waals surface area contributed by atoms with Crippen LogP contribution in [0.15, 0.2) is 29.0 Å². The van der Waals surface area contributed by atoms with Gasteiger partial charge in [-0.1, -0.05) is 0 Å². The van der Waals surface area contributed by atoms with Crippen molar-refractivity contribution in [2.75, 3.05) is 0 Å². The summed E-state index contributed by atoms with van der Waals surface area (Å²) in [6.45, 7) is 0. The van der Waals surface area contributed by atoms with E-state index in [1.165, 1.54) is 12.4 Å². The van der Waals surface area contributed by atoms with Crippen molar-refractivity contribution in [3.8, 4) is 11.1 Å². The van der Waals surface area contributed by atoms with Gasteiger partial charge in [-0.25, -0.2) is 9.37 Å². The van der Waals surface area contributed by atoms with Gasteiger partial charge >= 0.3 is 5.69 Å². The first-order chi connectivity index (χ1) is 10.9. The highest BCUT2D eigenvalue weighted by atomic mass is 79.9. The molecule has 0 bridgehead atoms. The Labute approximate surface area is 135 Å². The molecule has 0 radical (unpaired) electrons. The molecule has 116 valence electrons. The van der Waals surface area contributed by atoms with E-state index in [-0.39, 0.29) is 17.4 Å². The third-order valence-corrected chi connectivity index (χ3v) is 3.75. The number of fused-ring (bicyclic) bond motifs is 1. The number of rotatable bonds is 3. The van der Waals surface area contributed by atoms with Gasteiger partial charge in [0.25, 0.3) is 0 Å². The summed E-state index contributed by atoms with van der Waals surface area (Å²) in [6.07, 6.45) is 2.79. The van der Waals surface area contributed by atoms with Crippen molar-refractivity contribution in [3.05, 3.63) is 56.3 Å². The molecule has 0 unspecified atom stereocenters. The van der Waals surface area contributed by atoms with Gasteiger partial charge in [-0.05, 0) is 28.1 Å². The van der Waals surface area contributed by atoms with Crippen LogP contribution in [0.5, 0.6) is 0 Å². The normalized spacial score (nSPS) is 10.9. The number of aldehydes is 1. The highest BCUT2D eigenvalue weighted by molar-refractivity contribution is 9.10. The Morgan fingerprint density at radius 3 is 2.70 bits per heavy atom. The molecule has 3 aromatic rings. The van der Waals surface area contributed by atoms with Gasteiger partial charge in [0.05, 0.1) is 16.1 Å². The molecule has 0 amide bonds. The Bertz CT molecular complexity index is 972. The fraction of sp³-hybridized carbons (Fsp3) is 0. The molecule has 0 saturated heterocycles. The lowest BCUT2D eigenvalue weighted by molar-refractivity contribution is -0.386. The molecule has 0 aliphatic carbocycles. The van der Waals surface area contributed by atoms with Crippen molar-refractivity contribution in [2.24, 2.45) is 0 Å². The second-order valence-electron chi connectivity index (χ2n) is 4.61. The van der Waals surface area contributed by atoms with Crippen LogP contribution >= 0.6 is 15.9 Å².